The number of hydrogen-bond acceptors (Lipinski definition) is 2. The molecule has 2 aromatic rings. The lowest BCUT2D eigenvalue weighted by Gasteiger charge is -2.36. The molecule has 2 unspecified atom stereocenters. The molecule has 3 rings (SSSR count). The van der Waals surface area contributed by atoms with E-state index in [4.69, 9.17) is 16.8 Å². The van der Waals surface area contributed by atoms with E-state index in [1.165, 1.54) is 25.8 Å². The fourth-order valence-electron chi connectivity index (χ4n) is 3.89. The Labute approximate surface area is 190 Å². The van der Waals surface area contributed by atoms with Crippen LogP contribution in [0.15, 0.2) is 24.2 Å². The van der Waals surface area contributed by atoms with Crippen LogP contribution in [0.1, 0.15) is 76.2 Å². The fraction of sp³-hybridized carbons (Fsp3) is 0.500. The molecule has 4 heteroatoms. The van der Waals surface area contributed by atoms with E-state index in [1.807, 2.05) is 0 Å². The molecule has 160 valence electrons. The second kappa shape index (κ2) is 8.49. The Hall–Kier alpha value is -2.22. The SMILES string of the molecule is [2H]c1c([2H])c([C@]2(C([2H])([2H])C([2H])(C)C([2H])([2H])N(C)CC)OC(C)c3cc([N+]#[C-])c(C)cc32)c(C)c(C)c1F. The highest BCUT2D eigenvalue weighted by molar-refractivity contribution is 5.61. The molecule has 30 heavy (non-hydrogen) atoms. The van der Waals surface area contributed by atoms with E-state index < -0.39 is 48.4 Å². The summed E-state index contributed by atoms with van der Waals surface area (Å²) < 4.78 is 84.2. The van der Waals surface area contributed by atoms with Gasteiger partial charge in [0.1, 0.15) is 11.4 Å². The maximum atomic E-state index is 14.9. The Balaban J connectivity index is 2.60. The van der Waals surface area contributed by atoms with E-state index in [9.17, 15) is 8.50 Å². The molecule has 1 aliphatic heterocycles. The number of fused-ring (bicyclic) bond motifs is 1. The summed E-state index contributed by atoms with van der Waals surface area (Å²) >= 11 is 0. The first-order valence-electron chi connectivity index (χ1n) is 13.5. The summed E-state index contributed by atoms with van der Waals surface area (Å²) in [5, 5.41) is 0. The summed E-state index contributed by atoms with van der Waals surface area (Å²) in [6, 6.07) is 1.86. The summed E-state index contributed by atoms with van der Waals surface area (Å²) in [4.78, 5) is 4.78. The van der Waals surface area contributed by atoms with Gasteiger partial charge in [0.2, 0.25) is 0 Å². The van der Waals surface area contributed by atoms with E-state index in [0.29, 0.717) is 16.8 Å². The van der Waals surface area contributed by atoms with Crippen LogP contribution in [0.3, 0.4) is 0 Å². The minimum Gasteiger partial charge on any atom is -0.358 e. The smallest absolute Gasteiger partial charge is 0.190 e. The molecule has 0 spiro atoms. The van der Waals surface area contributed by atoms with E-state index >= 15 is 0 Å². The van der Waals surface area contributed by atoms with Crippen molar-refractivity contribution in [3.63, 3.8) is 0 Å². The predicted molar refractivity (Wildman–Crippen MR) is 121 cm³/mol. The third kappa shape index (κ3) is 3.77. The average Bonchev–Trinajstić information content (AvgIpc) is 3.12. The Kier molecular flexibility index (Phi) is 4.17. The highest BCUT2D eigenvalue weighted by Crippen LogP contribution is 2.53. The van der Waals surface area contributed by atoms with Crippen molar-refractivity contribution in [2.45, 2.75) is 59.6 Å². The van der Waals surface area contributed by atoms with Crippen LogP contribution in [-0.2, 0) is 10.3 Å². The van der Waals surface area contributed by atoms with Gasteiger partial charge in [0.15, 0.2) is 5.69 Å². The number of benzene rings is 2. The summed E-state index contributed by atoms with van der Waals surface area (Å²) in [6.45, 7) is 14.4. The lowest BCUT2D eigenvalue weighted by atomic mass is 9.76. The summed E-state index contributed by atoms with van der Waals surface area (Å²) in [6.07, 6.45) is -3.66. The standard InChI is InChI=1S/C26H33FN2O/c1-9-29(8)15-16(2)14-26(22-10-11-24(27)19(5)18(22)4)23-12-17(3)25(28-7)13-21(23)20(6)30-26/h10-13,16,20H,9,14-15H2,1-6,8H3/t16?,20?,26-/m0/s1/i10D,11D,14D2,15D2,16D. The highest BCUT2D eigenvalue weighted by atomic mass is 19.1. The first-order valence-corrected chi connectivity index (χ1v) is 10.0. The Morgan fingerprint density at radius 3 is 2.67 bits per heavy atom. The number of aryl methyl sites for hydroxylation is 1. The average molecular weight is 416 g/mol. The van der Waals surface area contributed by atoms with E-state index in [1.54, 1.807) is 32.9 Å². The van der Waals surface area contributed by atoms with Crippen LogP contribution in [0.2, 0.25) is 0 Å². The van der Waals surface area contributed by atoms with Crippen molar-refractivity contribution in [1.82, 2.24) is 4.90 Å². The summed E-state index contributed by atoms with van der Waals surface area (Å²) in [5.41, 5.74) is -0.573. The highest BCUT2D eigenvalue weighted by Gasteiger charge is 2.47. The van der Waals surface area contributed by atoms with Crippen molar-refractivity contribution in [1.29, 1.82) is 0 Å². The second-order valence-corrected chi connectivity index (χ2v) is 7.84. The molecule has 3 atom stereocenters. The maximum Gasteiger partial charge on any atom is 0.190 e. The van der Waals surface area contributed by atoms with Crippen LogP contribution in [0, 0.1) is 39.1 Å². The Morgan fingerprint density at radius 1 is 1.33 bits per heavy atom. The number of hydrogen-bond donors (Lipinski definition) is 0. The van der Waals surface area contributed by atoms with Gasteiger partial charge in [-0.2, -0.15) is 0 Å². The van der Waals surface area contributed by atoms with Gasteiger partial charge >= 0.3 is 0 Å². The van der Waals surface area contributed by atoms with E-state index in [2.05, 4.69) is 4.85 Å². The third-order valence-corrected chi connectivity index (χ3v) is 5.77. The van der Waals surface area contributed by atoms with Gasteiger partial charge in [-0.3, -0.25) is 0 Å². The molecular formula is C26H33FN2O. The molecule has 0 aliphatic carbocycles. The second-order valence-electron chi connectivity index (χ2n) is 7.84. The predicted octanol–water partition coefficient (Wildman–Crippen LogP) is 6.61. The lowest BCUT2D eigenvalue weighted by molar-refractivity contribution is -0.0562. The number of ether oxygens (including phenoxy) is 1. The molecule has 3 nitrogen and oxygen atoms in total. The van der Waals surface area contributed by atoms with Crippen LogP contribution < -0.4 is 0 Å². The van der Waals surface area contributed by atoms with Crippen molar-refractivity contribution < 1.29 is 18.7 Å². The van der Waals surface area contributed by atoms with Gasteiger partial charge in [0, 0.05) is 13.4 Å². The molecule has 0 radical (unpaired) electrons. The van der Waals surface area contributed by atoms with E-state index in [-0.39, 0.29) is 28.8 Å². The molecule has 0 amide bonds. The van der Waals surface area contributed by atoms with Gasteiger partial charge in [-0.15, -0.1) is 0 Å². The Bertz CT molecular complexity index is 1280. The van der Waals surface area contributed by atoms with Crippen molar-refractivity contribution in [2.24, 2.45) is 5.89 Å². The van der Waals surface area contributed by atoms with Crippen molar-refractivity contribution in [2.75, 3.05) is 20.1 Å². The molecule has 0 fully saturated rings. The van der Waals surface area contributed by atoms with Gasteiger partial charge in [-0.25, -0.2) is 9.24 Å². The lowest BCUT2D eigenvalue weighted by Crippen LogP contribution is -2.34. The Morgan fingerprint density at radius 2 is 2.03 bits per heavy atom. The first-order chi connectivity index (χ1) is 16.9. The topological polar surface area (TPSA) is 16.8 Å². The summed E-state index contributed by atoms with van der Waals surface area (Å²) in [7, 11) is 1.46. The normalized spacial score (nSPS) is 26.9. The molecule has 0 saturated carbocycles. The fourth-order valence-corrected chi connectivity index (χ4v) is 3.89. The minimum atomic E-state index is -2.87. The molecular weight excluding hydrogens is 375 g/mol. The zero-order valence-corrected chi connectivity index (χ0v) is 18.6. The molecule has 1 aliphatic rings. The van der Waals surface area contributed by atoms with Gasteiger partial charge in [-0.05, 0) is 93.0 Å². The van der Waals surface area contributed by atoms with Gasteiger partial charge in [0.05, 0.1) is 15.4 Å². The third-order valence-electron chi connectivity index (χ3n) is 5.77. The van der Waals surface area contributed by atoms with Crippen LogP contribution in [-0.4, -0.2) is 25.0 Å². The largest absolute Gasteiger partial charge is 0.358 e. The number of rotatable bonds is 6. The molecule has 1 heterocycles. The van der Waals surface area contributed by atoms with Gasteiger partial charge in [-0.1, -0.05) is 32.0 Å². The van der Waals surface area contributed by atoms with Crippen LogP contribution in [0.25, 0.3) is 4.85 Å². The maximum absolute atomic E-state index is 14.9. The monoisotopic (exact) mass is 415 g/mol. The zero-order chi connectivity index (χ0) is 28.5. The van der Waals surface area contributed by atoms with Gasteiger partial charge in [0.25, 0.3) is 0 Å². The van der Waals surface area contributed by atoms with Crippen molar-refractivity contribution in [3.05, 3.63) is 74.8 Å². The van der Waals surface area contributed by atoms with Crippen molar-refractivity contribution in [3.8, 4) is 0 Å². The molecule has 0 aromatic heterocycles. The molecule has 0 saturated heterocycles. The minimum absolute atomic E-state index is 0.0470. The number of halogens is 1. The number of nitrogens with zero attached hydrogens (tertiary/aromatic N) is 2. The zero-order valence-electron chi connectivity index (χ0n) is 25.6. The van der Waals surface area contributed by atoms with Crippen LogP contribution in [0.5, 0.6) is 0 Å². The molecule has 0 bridgehead atoms. The van der Waals surface area contributed by atoms with Crippen LogP contribution >= 0.6 is 0 Å². The first kappa shape index (κ1) is 14.7. The molecule has 2 aromatic carbocycles. The van der Waals surface area contributed by atoms with Crippen LogP contribution in [0.4, 0.5) is 10.1 Å². The quantitative estimate of drug-likeness (QED) is 0.493. The summed E-state index contributed by atoms with van der Waals surface area (Å²) in [5.74, 6) is -3.40. The van der Waals surface area contributed by atoms with E-state index in [0.717, 1.165) is 6.92 Å². The van der Waals surface area contributed by atoms with Gasteiger partial charge < -0.3 is 9.64 Å². The molecule has 0 N–H and O–H groups in total. The van der Waals surface area contributed by atoms with Crippen molar-refractivity contribution >= 4 is 5.69 Å².